The Bertz CT molecular complexity index is 1310. The molecule has 1 saturated heterocycles. The van der Waals surface area contributed by atoms with E-state index in [1.54, 1.807) is 18.3 Å². The zero-order valence-corrected chi connectivity index (χ0v) is 21.6. The number of imide groups is 1. The second-order valence-corrected chi connectivity index (χ2v) is 9.08. The van der Waals surface area contributed by atoms with Crippen molar-refractivity contribution in [1.29, 1.82) is 0 Å². The molecule has 3 N–H and O–H groups in total. The summed E-state index contributed by atoms with van der Waals surface area (Å²) >= 11 is 5.97. The van der Waals surface area contributed by atoms with Crippen LogP contribution < -0.4 is 10.1 Å². The van der Waals surface area contributed by atoms with E-state index in [9.17, 15) is 9.59 Å². The Morgan fingerprint density at radius 1 is 1.00 bits per heavy atom. The molecule has 0 saturated carbocycles. The van der Waals surface area contributed by atoms with Crippen LogP contribution in [0.5, 0.6) is 5.75 Å². The Labute approximate surface area is 226 Å². The van der Waals surface area contributed by atoms with Crippen LogP contribution in [0.4, 0.5) is 4.79 Å². The molecule has 3 aromatic carbocycles. The quantitative estimate of drug-likeness (QED) is 0.271. The first-order valence-corrected chi connectivity index (χ1v) is 12.6. The zero-order chi connectivity index (χ0) is 26.9. The van der Waals surface area contributed by atoms with E-state index in [0.717, 1.165) is 22.6 Å². The van der Waals surface area contributed by atoms with E-state index in [1.807, 2.05) is 79.7 Å². The van der Waals surface area contributed by atoms with Crippen LogP contribution in [-0.2, 0) is 4.79 Å². The lowest BCUT2D eigenvalue weighted by molar-refractivity contribution is -0.127. The lowest BCUT2D eigenvalue weighted by atomic mass is 9.91. The van der Waals surface area contributed by atoms with Crippen LogP contribution in [0.25, 0.3) is 11.3 Å². The number of para-hydroxylation sites is 1. The summed E-state index contributed by atoms with van der Waals surface area (Å²) in [5.74, 6) is 0.962. The van der Waals surface area contributed by atoms with Gasteiger partial charge in [0.1, 0.15) is 24.2 Å². The molecule has 1 aromatic heterocycles. The van der Waals surface area contributed by atoms with E-state index in [1.165, 1.54) is 4.90 Å². The van der Waals surface area contributed by atoms with Crippen molar-refractivity contribution in [2.45, 2.75) is 18.9 Å². The lowest BCUT2D eigenvalue weighted by Crippen LogP contribution is -2.38. The molecule has 1 aliphatic heterocycles. The van der Waals surface area contributed by atoms with Crippen molar-refractivity contribution < 1.29 is 19.4 Å². The molecule has 8 nitrogen and oxygen atoms in total. The number of aliphatic hydroxyl groups is 1. The number of hydrogen-bond donors (Lipinski definition) is 3. The summed E-state index contributed by atoms with van der Waals surface area (Å²) < 4.78 is 5.11. The molecule has 2 heterocycles. The number of halogens is 1. The molecule has 3 amide bonds. The maximum atomic E-state index is 12.4. The Hall–Kier alpha value is -4.14. The summed E-state index contributed by atoms with van der Waals surface area (Å²) in [4.78, 5) is 33.9. The van der Waals surface area contributed by atoms with Gasteiger partial charge in [-0.25, -0.2) is 9.78 Å². The number of nitrogens with one attached hydrogen (secondary N) is 2. The highest BCUT2D eigenvalue weighted by Crippen LogP contribution is 2.36. The topological polar surface area (TPSA) is 108 Å². The van der Waals surface area contributed by atoms with Gasteiger partial charge >= 0.3 is 6.03 Å². The fourth-order valence-electron chi connectivity index (χ4n) is 4.18. The van der Waals surface area contributed by atoms with E-state index in [4.69, 9.17) is 21.4 Å². The molecular formula is C29H29ClN4O4. The third-order valence-corrected chi connectivity index (χ3v) is 6.34. The van der Waals surface area contributed by atoms with E-state index < -0.39 is 12.1 Å². The lowest BCUT2D eigenvalue weighted by Gasteiger charge is -2.29. The van der Waals surface area contributed by atoms with Crippen molar-refractivity contribution in [1.82, 2.24) is 20.2 Å². The minimum atomic E-state index is -0.543. The number of carbonyl (C=O) groups is 2. The second kappa shape index (κ2) is 12.9. The number of aromatic amines is 1. The van der Waals surface area contributed by atoms with Gasteiger partial charge in [0, 0.05) is 10.9 Å². The number of urea groups is 1. The van der Waals surface area contributed by atoms with Gasteiger partial charge in [0.15, 0.2) is 0 Å². The number of benzene rings is 3. The Kier molecular flexibility index (Phi) is 9.13. The maximum Gasteiger partial charge on any atom is 0.325 e. The molecule has 196 valence electrons. The summed E-state index contributed by atoms with van der Waals surface area (Å²) in [6.45, 7) is 2.42. The summed E-state index contributed by atoms with van der Waals surface area (Å²) in [7, 11) is 0. The SMILES string of the molecule is CC(c1ccccc1)C(c1ncc(-c2ccc(Cl)cc2)[nH]1)N1C(=O)CNC1=O.OCCOc1ccccc1. The summed E-state index contributed by atoms with van der Waals surface area (Å²) in [6, 6.07) is 25.7. The number of aromatic nitrogens is 2. The fraction of sp³-hybridized carbons (Fsp3) is 0.207. The number of H-pyrrole nitrogens is 1. The monoisotopic (exact) mass is 532 g/mol. The normalized spacial score (nSPS) is 14.3. The fourth-order valence-corrected chi connectivity index (χ4v) is 4.31. The Morgan fingerprint density at radius 2 is 1.66 bits per heavy atom. The molecular weight excluding hydrogens is 504 g/mol. The molecule has 1 fully saturated rings. The van der Waals surface area contributed by atoms with Crippen LogP contribution in [0.1, 0.15) is 30.3 Å². The number of ether oxygens (including phenoxy) is 1. The maximum absolute atomic E-state index is 12.4. The average molecular weight is 533 g/mol. The predicted octanol–water partition coefficient (Wildman–Crippen LogP) is 5.18. The van der Waals surface area contributed by atoms with Gasteiger partial charge < -0.3 is 20.1 Å². The molecule has 1 aliphatic rings. The van der Waals surface area contributed by atoms with E-state index in [2.05, 4.69) is 15.3 Å². The Balaban J connectivity index is 0.000000283. The van der Waals surface area contributed by atoms with Gasteiger partial charge in [-0.2, -0.15) is 0 Å². The van der Waals surface area contributed by atoms with Crippen molar-refractivity contribution in [2.24, 2.45) is 0 Å². The number of aliphatic hydroxyl groups excluding tert-OH is 1. The van der Waals surface area contributed by atoms with Crippen LogP contribution in [0.3, 0.4) is 0 Å². The molecule has 2 atom stereocenters. The molecule has 0 spiro atoms. The molecule has 2 unspecified atom stereocenters. The molecule has 38 heavy (non-hydrogen) atoms. The largest absolute Gasteiger partial charge is 0.491 e. The summed E-state index contributed by atoms with van der Waals surface area (Å²) in [6.07, 6.45) is 1.71. The predicted molar refractivity (Wildman–Crippen MR) is 146 cm³/mol. The first-order chi connectivity index (χ1) is 18.5. The number of nitrogens with zero attached hydrogens (tertiary/aromatic N) is 2. The minimum absolute atomic E-state index is 0.00158. The first-order valence-electron chi connectivity index (χ1n) is 12.2. The van der Waals surface area contributed by atoms with Crippen molar-refractivity contribution in [3.8, 4) is 17.0 Å². The van der Waals surface area contributed by atoms with Crippen molar-refractivity contribution in [2.75, 3.05) is 19.8 Å². The van der Waals surface area contributed by atoms with Gasteiger partial charge in [-0.1, -0.05) is 79.2 Å². The molecule has 4 aromatic rings. The molecule has 0 aliphatic carbocycles. The van der Waals surface area contributed by atoms with Gasteiger partial charge in [-0.15, -0.1) is 0 Å². The molecule has 0 bridgehead atoms. The van der Waals surface area contributed by atoms with Crippen LogP contribution >= 0.6 is 11.6 Å². The molecule has 0 radical (unpaired) electrons. The van der Waals surface area contributed by atoms with Crippen molar-refractivity contribution in [3.63, 3.8) is 0 Å². The van der Waals surface area contributed by atoms with Gasteiger partial charge in [-0.05, 0) is 35.4 Å². The molecule has 5 rings (SSSR count). The first kappa shape index (κ1) is 26.9. The van der Waals surface area contributed by atoms with E-state index in [-0.39, 0.29) is 25.0 Å². The van der Waals surface area contributed by atoms with Crippen molar-refractivity contribution in [3.05, 3.63) is 108 Å². The number of imidazole rings is 1. The van der Waals surface area contributed by atoms with Crippen LogP contribution in [0.15, 0.2) is 91.1 Å². The van der Waals surface area contributed by atoms with Crippen LogP contribution in [-0.4, -0.2) is 51.7 Å². The van der Waals surface area contributed by atoms with Gasteiger partial charge in [0.05, 0.1) is 25.0 Å². The number of rotatable bonds is 8. The molecule has 9 heteroatoms. The number of hydrogen-bond acceptors (Lipinski definition) is 5. The Morgan fingerprint density at radius 3 is 2.26 bits per heavy atom. The highest BCUT2D eigenvalue weighted by atomic mass is 35.5. The zero-order valence-electron chi connectivity index (χ0n) is 20.9. The number of amides is 3. The van der Waals surface area contributed by atoms with Crippen molar-refractivity contribution >= 4 is 23.5 Å². The van der Waals surface area contributed by atoms with Crippen LogP contribution in [0, 0.1) is 0 Å². The second-order valence-electron chi connectivity index (χ2n) is 8.64. The third-order valence-electron chi connectivity index (χ3n) is 6.09. The summed E-state index contributed by atoms with van der Waals surface area (Å²) in [5, 5.41) is 11.7. The van der Waals surface area contributed by atoms with E-state index >= 15 is 0 Å². The summed E-state index contributed by atoms with van der Waals surface area (Å²) in [5.41, 5.74) is 2.74. The standard InChI is InChI=1S/C21H19ClN4O2.C8H10O2/c1-13(14-5-3-2-4-6-14)19(26-18(27)12-24-21(26)28)20-23-11-17(25-20)15-7-9-16(22)10-8-15;9-6-7-10-8-4-2-1-3-5-8/h2-11,13,19H,12H2,1H3,(H,23,25)(H,24,28);1-5,9H,6-7H2. The average Bonchev–Trinajstić information content (AvgIpc) is 3.57. The van der Waals surface area contributed by atoms with Crippen LogP contribution in [0.2, 0.25) is 5.02 Å². The van der Waals surface area contributed by atoms with Gasteiger partial charge in [-0.3, -0.25) is 9.69 Å². The highest BCUT2D eigenvalue weighted by Gasteiger charge is 2.40. The third kappa shape index (κ3) is 6.59. The van der Waals surface area contributed by atoms with E-state index in [0.29, 0.717) is 17.5 Å². The van der Waals surface area contributed by atoms with Gasteiger partial charge in [0.2, 0.25) is 0 Å². The van der Waals surface area contributed by atoms with Gasteiger partial charge in [0.25, 0.3) is 5.91 Å². The number of carbonyl (C=O) groups excluding carboxylic acids is 2. The smallest absolute Gasteiger partial charge is 0.325 e. The highest BCUT2D eigenvalue weighted by molar-refractivity contribution is 6.30. The minimum Gasteiger partial charge on any atom is -0.491 e.